The molecule has 2 aromatic carbocycles. The van der Waals surface area contributed by atoms with E-state index in [1.54, 1.807) is 43.7 Å². The Labute approximate surface area is 183 Å². The van der Waals surface area contributed by atoms with E-state index in [0.717, 1.165) is 16.5 Å². The van der Waals surface area contributed by atoms with Crippen LogP contribution >= 0.6 is 0 Å². The number of fused-ring (bicyclic) bond motifs is 1. The SMILES string of the molecule is CCN(CC)S(=O)(=O)c1ccc(C(C)NC(=O)Cc2coc3cc(OC)ccc23)cc1. The molecular weight excluding hydrogens is 416 g/mol. The Morgan fingerprint density at radius 3 is 2.42 bits per heavy atom. The summed E-state index contributed by atoms with van der Waals surface area (Å²) >= 11 is 0. The van der Waals surface area contributed by atoms with Crippen molar-refractivity contribution in [3.05, 3.63) is 59.9 Å². The summed E-state index contributed by atoms with van der Waals surface area (Å²) < 4.78 is 37.4. The molecule has 0 radical (unpaired) electrons. The van der Waals surface area contributed by atoms with E-state index >= 15 is 0 Å². The van der Waals surface area contributed by atoms with Crippen LogP contribution in [0.2, 0.25) is 0 Å². The van der Waals surface area contributed by atoms with Crippen LogP contribution < -0.4 is 10.1 Å². The molecule has 1 amide bonds. The lowest BCUT2D eigenvalue weighted by Crippen LogP contribution is -2.30. The molecule has 166 valence electrons. The fraction of sp³-hybridized carbons (Fsp3) is 0.348. The van der Waals surface area contributed by atoms with Gasteiger partial charge in [-0.3, -0.25) is 4.79 Å². The lowest BCUT2D eigenvalue weighted by atomic mass is 10.1. The Morgan fingerprint density at radius 1 is 1.13 bits per heavy atom. The molecule has 0 saturated carbocycles. The van der Waals surface area contributed by atoms with Crippen LogP contribution in [-0.4, -0.2) is 38.8 Å². The Kier molecular flexibility index (Phi) is 7.02. The first-order valence-electron chi connectivity index (χ1n) is 10.2. The maximum atomic E-state index is 12.6. The third-order valence-corrected chi connectivity index (χ3v) is 7.38. The van der Waals surface area contributed by atoms with Crippen LogP contribution in [-0.2, 0) is 21.2 Å². The highest BCUT2D eigenvalue weighted by molar-refractivity contribution is 7.89. The van der Waals surface area contributed by atoms with Crippen molar-refractivity contribution in [2.45, 2.75) is 38.1 Å². The van der Waals surface area contributed by atoms with Crippen molar-refractivity contribution in [2.75, 3.05) is 20.2 Å². The van der Waals surface area contributed by atoms with Gasteiger partial charge in [0.25, 0.3) is 0 Å². The van der Waals surface area contributed by atoms with Crippen molar-refractivity contribution < 1.29 is 22.4 Å². The topological polar surface area (TPSA) is 88.9 Å². The molecule has 0 aliphatic heterocycles. The van der Waals surface area contributed by atoms with Crippen LogP contribution in [0.5, 0.6) is 5.75 Å². The monoisotopic (exact) mass is 444 g/mol. The van der Waals surface area contributed by atoms with Crippen LogP contribution in [0.15, 0.2) is 58.0 Å². The molecule has 1 N–H and O–H groups in total. The number of furan rings is 1. The standard InChI is InChI=1S/C23H28N2O5S/c1-5-25(6-2)31(27,28)20-10-7-17(8-11-20)16(3)24-23(26)13-18-15-30-22-14-19(29-4)9-12-21(18)22/h7-12,14-16H,5-6,13H2,1-4H3,(H,24,26). The summed E-state index contributed by atoms with van der Waals surface area (Å²) in [5.74, 6) is 0.545. The predicted octanol–water partition coefficient (Wildman–Crippen LogP) is 3.89. The second-order valence-electron chi connectivity index (χ2n) is 7.25. The van der Waals surface area contributed by atoms with Crippen molar-refractivity contribution in [3.63, 3.8) is 0 Å². The zero-order chi connectivity index (χ0) is 22.6. The first-order valence-corrected chi connectivity index (χ1v) is 11.7. The number of sulfonamides is 1. The van der Waals surface area contributed by atoms with E-state index < -0.39 is 10.0 Å². The fourth-order valence-electron chi connectivity index (χ4n) is 3.52. The molecule has 0 saturated heterocycles. The number of carbonyl (C=O) groups excluding carboxylic acids is 1. The minimum Gasteiger partial charge on any atom is -0.497 e. The first kappa shape index (κ1) is 22.8. The highest BCUT2D eigenvalue weighted by atomic mass is 32.2. The molecule has 0 aliphatic rings. The van der Waals surface area contributed by atoms with E-state index in [0.29, 0.717) is 24.4 Å². The smallest absolute Gasteiger partial charge is 0.243 e. The second-order valence-corrected chi connectivity index (χ2v) is 9.19. The lowest BCUT2D eigenvalue weighted by molar-refractivity contribution is -0.121. The summed E-state index contributed by atoms with van der Waals surface area (Å²) in [5.41, 5.74) is 2.29. The summed E-state index contributed by atoms with van der Waals surface area (Å²) in [7, 11) is -1.91. The van der Waals surface area contributed by atoms with Crippen molar-refractivity contribution in [1.82, 2.24) is 9.62 Å². The van der Waals surface area contributed by atoms with Gasteiger partial charge in [0.1, 0.15) is 11.3 Å². The van der Waals surface area contributed by atoms with Crippen LogP contribution in [0.1, 0.15) is 37.9 Å². The Hall–Kier alpha value is -2.84. The molecule has 1 heterocycles. The number of amides is 1. The molecule has 8 heteroatoms. The number of nitrogens with zero attached hydrogens (tertiary/aromatic N) is 1. The van der Waals surface area contributed by atoms with E-state index in [1.807, 2.05) is 32.9 Å². The summed E-state index contributed by atoms with van der Waals surface area (Å²) in [6.07, 6.45) is 1.76. The number of ether oxygens (including phenoxy) is 1. The zero-order valence-corrected chi connectivity index (χ0v) is 19.0. The molecule has 1 unspecified atom stereocenters. The molecule has 31 heavy (non-hydrogen) atoms. The van der Waals surface area contributed by atoms with E-state index in [1.165, 1.54) is 4.31 Å². The lowest BCUT2D eigenvalue weighted by Gasteiger charge is -2.19. The number of nitrogens with one attached hydrogen (secondary N) is 1. The van der Waals surface area contributed by atoms with Crippen molar-refractivity contribution in [3.8, 4) is 5.75 Å². The third-order valence-electron chi connectivity index (χ3n) is 5.31. The molecule has 0 spiro atoms. The number of benzene rings is 2. The highest BCUT2D eigenvalue weighted by Crippen LogP contribution is 2.26. The maximum Gasteiger partial charge on any atom is 0.243 e. The molecular formula is C23H28N2O5S. The van der Waals surface area contributed by atoms with Gasteiger partial charge in [0, 0.05) is 30.1 Å². The van der Waals surface area contributed by atoms with Crippen molar-refractivity contribution >= 4 is 26.9 Å². The average Bonchev–Trinajstić information content (AvgIpc) is 3.16. The van der Waals surface area contributed by atoms with E-state index in [4.69, 9.17) is 9.15 Å². The Balaban J connectivity index is 1.67. The quantitative estimate of drug-likeness (QED) is 0.541. The van der Waals surface area contributed by atoms with Gasteiger partial charge in [0.2, 0.25) is 15.9 Å². The predicted molar refractivity (Wildman–Crippen MR) is 120 cm³/mol. The van der Waals surface area contributed by atoms with Crippen LogP contribution in [0.4, 0.5) is 0 Å². The van der Waals surface area contributed by atoms with E-state index in [9.17, 15) is 13.2 Å². The third kappa shape index (κ3) is 4.91. The summed E-state index contributed by atoms with van der Waals surface area (Å²) in [6.45, 7) is 6.33. The number of carbonyl (C=O) groups is 1. The van der Waals surface area contributed by atoms with E-state index in [2.05, 4.69) is 5.32 Å². The van der Waals surface area contributed by atoms with Gasteiger partial charge in [0.15, 0.2) is 0 Å². The summed E-state index contributed by atoms with van der Waals surface area (Å²) in [4.78, 5) is 12.8. The van der Waals surface area contributed by atoms with Gasteiger partial charge in [-0.1, -0.05) is 26.0 Å². The minimum absolute atomic E-state index is 0.147. The van der Waals surface area contributed by atoms with Crippen LogP contribution in [0, 0.1) is 0 Å². The summed E-state index contributed by atoms with van der Waals surface area (Å²) in [6, 6.07) is 11.9. The molecule has 7 nitrogen and oxygen atoms in total. The molecule has 0 bridgehead atoms. The molecule has 1 atom stereocenters. The Morgan fingerprint density at radius 2 is 1.81 bits per heavy atom. The van der Waals surface area contributed by atoms with Crippen molar-refractivity contribution in [2.24, 2.45) is 0 Å². The van der Waals surface area contributed by atoms with Gasteiger partial charge in [0.05, 0.1) is 30.7 Å². The maximum absolute atomic E-state index is 12.6. The number of rotatable bonds is 9. The number of hydrogen-bond donors (Lipinski definition) is 1. The van der Waals surface area contributed by atoms with Gasteiger partial charge in [-0.2, -0.15) is 4.31 Å². The first-order chi connectivity index (χ1) is 14.8. The van der Waals surface area contributed by atoms with Gasteiger partial charge in [-0.05, 0) is 36.8 Å². The zero-order valence-electron chi connectivity index (χ0n) is 18.2. The number of hydrogen-bond acceptors (Lipinski definition) is 5. The number of methoxy groups -OCH3 is 1. The molecule has 1 aromatic heterocycles. The Bertz CT molecular complexity index is 1150. The molecule has 3 aromatic rings. The van der Waals surface area contributed by atoms with Gasteiger partial charge in [-0.15, -0.1) is 0 Å². The van der Waals surface area contributed by atoms with Gasteiger partial charge in [-0.25, -0.2) is 8.42 Å². The van der Waals surface area contributed by atoms with Crippen LogP contribution in [0.25, 0.3) is 11.0 Å². The normalized spacial score (nSPS) is 12.8. The summed E-state index contributed by atoms with van der Waals surface area (Å²) in [5, 5.41) is 3.83. The van der Waals surface area contributed by atoms with Crippen molar-refractivity contribution in [1.29, 1.82) is 0 Å². The largest absolute Gasteiger partial charge is 0.497 e. The van der Waals surface area contributed by atoms with Gasteiger partial charge < -0.3 is 14.5 Å². The molecule has 0 fully saturated rings. The van der Waals surface area contributed by atoms with Crippen LogP contribution in [0.3, 0.4) is 0 Å². The highest BCUT2D eigenvalue weighted by Gasteiger charge is 2.22. The molecule has 0 aliphatic carbocycles. The average molecular weight is 445 g/mol. The van der Waals surface area contributed by atoms with E-state index in [-0.39, 0.29) is 23.3 Å². The second kappa shape index (κ2) is 9.53. The van der Waals surface area contributed by atoms with Gasteiger partial charge >= 0.3 is 0 Å². The molecule has 3 rings (SSSR count). The minimum atomic E-state index is -3.50. The fourth-order valence-corrected chi connectivity index (χ4v) is 4.98.